The molecule has 0 fully saturated rings. The van der Waals surface area contributed by atoms with Crippen LogP contribution in [0.1, 0.15) is 11.1 Å². The van der Waals surface area contributed by atoms with E-state index in [1.807, 2.05) is 13.0 Å². The highest BCUT2D eigenvalue weighted by molar-refractivity contribution is 7.89. The van der Waals surface area contributed by atoms with Crippen molar-refractivity contribution in [1.29, 1.82) is 0 Å². The zero-order valence-corrected chi connectivity index (χ0v) is 12.6. The van der Waals surface area contributed by atoms with E-state index >= 15 is 0 Å². The fourth-order valence-corrected chi connectivity index (χ4v) is 3.03. The van der Waals surface area contributed by atoms with Crippen molar-refractivity contribution in [1.82, 2.24) is 4.72 Å². The van der Waals surface area contributed by atoms with Crippen molar-refractivity contribution in [2.45, 2.75) is 18.4 Å². The van der Waals surface area contributed by atoms with Crippen LogP contribution in [0.3, 0.4) is 0 Å². The fraction of sp³-hybridized carbons (Fsp3) is 0.200. The SMILES string of the molecule is COc1ccc(F)cc1CNS(=O)(=O)c1cccc(C)c1. The molecule has 0 aliphatic rings. The van der Waals surface area contributed by atoms with Gasteiger partial charge in [0.15, 0.2) is 0 Å². The van der Waals surface area contributed by atoms with Gasteiger partial charge in [0.25, 0.3) is 0 Å². The number of sulfonamides is 1. The summed E-state index contributed by atoms with van der Waals surface area (Å²) in [5, 5.41) is 0. The van der Waals surface area contributed by atoms with Crippen molar-refractivity contribution < 1.29 is 17.5 Å². The maximum absolute atomic E-state index is 13.2. The van der Waals surface area contributed by atoms with Gasteiger partial charge in [-0.3, -0.25) is 0 Å². The van der Waals surface area contributed by atoms with Crippen LogP contribution >= 0.6 is 0 Å². The highest BCUT2D eigenvalue weighted by Gasteiger charge is 2.15. The van der Waals surface area contributed by atoms with Gasteiger partial charge in [-0.25, -0.2) is 17.5 Å². The first-order valence-corrected chi connectivity index (χ1v) is 7.79. The number of rotatable bonds is 5. The Morgan fingerprint density at radius 2 is 1.95 bits per heavy atom. The van der Waals surface area contributed by atoms with Gasteiger partial charge >= 0.3 is 0 Å². The van der Waals surface area contributed by atoms with E-state index in [1.165, 1.54) is 31.4 Å². The minimum Gasteiger partial charge on any atom is -0.496 e. The number of ether oxygens (including phenoxy) is 1. The second-order valence-corrected chi connectivity index (χ2v) is 6.36. The largest absolute Gasteiger partial charge is 0.496 e. The third kappa shape index (κ3) is 3.80. The van der Waals surface area contributed by atoms with Gasteiger partial charge in [0.1, 0.15) is 11.6 Å². The lowest BCUT2D eigenvalue weighted by Crippen LogP contribution is -2.23. The Kier molecular flexibility index (Phi) is 4.59. The quantitative estimate of drug-likeness (QED) is 0.923. The summed E-state index contributed by atoms with van der Waals surface area (Å²) in [6, 6.07) is 10.5. The van der Waals surface area contributed by atoms with E-state index in [1.54, 1.807) is 12.1 Å². The van der Waals surface area contributed by atoms with Gasteiger partial charge in [-0.1, -0.05) is 12.1 Å². The van der Waals surface area contributed by atoms with Crippen LogP contribution in [0.2, 0.25) is 0 Å². The van der Waals surface area contributed by atoms with Crippen LogP contribution in [-0.4, -0.2) is 15.5 Å². The average molecular weight is 309 g/mol. The van der Waals surface area contributed by atoms with Crippen LogP contribution < -0.4 is 9.46 Å². The van der Waals surface area contributed by atoms with Crippen LogP contribution in [0.5, 0.6) is 5.75 Å². The number of benzene rings is 2. The molecule has 0 radical (unpaired) electrons. The Morgan fingerprint density at radius 1 is 1.19 bits per heavy atom. The van der Waals surface area contributed by atoms with Crippen LogP contribution in [0.4, 0.5) is 4.39 Å². The maximum Gasteiger partial charge on any atom is 0.240 e. The summed E-state index contributed by atoms with van der Waals surface area (Å²) in [6.45, 7) is 1.77. The summed E-state index contributed by atoms with van der Waals surface area (Å²) < 4.78 is 45.2. The van der Waals surface area contributed by atoms with E-state index in [0.717, 1.165) is 5.56 Å². The number of methoxy groups -OCH3 is 1. The molecule has 0 aromatic heterocycles. The van der Waals surface area contributed by atoms with E-state index in [4.69, 9.17) is 4.74 Å². The first kappa shape index (κ1) is 15.5. The minimum absolute atomic E-state index is 0.0444. The molecule has 0 spiro atoms. The number of hydrogen-bond acceptors (Lipinski definition) is 3. The second-order valence-electron chi connectivity index (χ2n) is 4.60. The van der Waals surface area contributed by atoms with Crippen molar-refractivity contribution in [3.05, 3.63) is 59.4 Å². The molecule has 0 aliphatic carbocycles. The van der Waals surface area contributed by atoms with Crippen molar-refractivity contribution in [2.75, 3.05) is 7.11 Å². The minimum atomic E-state index is -3.65. The highest BCUT2D eigenvalue weighted by atomic mass is 32.2. The molecule has 2 aromatic carbocycles. The Labute approximate surface area is 123 Å². The average Bonchev–Trinajstić information content (AvgIpc) is 2.45. The van der Waals surface area contributed by atoms with Crippen LogP contribution in [-0.2, 0) is 16.6 Å². The first-order chi connectivity index (χ1) is 9.92. The van der Waals surface area contributed by atoms with Gasteiger partial charge in [0.05, 0.1) is 12.0 Å². The van der Waals surface area contributed by atoms with Gasteiger partial charge in [-0.15, -0.1) is 0 Å². The molecule has 6 heteroatoms. The topological polar surface area (TPSA) is 55.4 Å². The smallest absolute Gasteiger partial charge is 0.240 e. The van der Waals surface area contributed by atoms with E-state index in [0.29, 0.717) is 11.3 Å². The van der Waals surface area contributed by atoms with E-state index in [2.05, 4.69) is 4.72 Å². The van der Waals surface area contributed by atoms with Gasteiger partial charge < -0.3 is 4.74 Å². The molecule has 112 valence electrons. The van der Waals surface area contributed by atoms with Crippen molar-refractivity contribution in [2.24, 2.45) is 0 Å². The highest BCUT2D eigenvalue weighted by Crippen LogP contribution is 2.20. The van der Waals surface area contributed by atoms with E-state index in [9.17, 15) is 12.8 Å². The molecule has 0 unspecified atom stereocenters. The summed E-state index contributed by atoms with van der Waals surface area (Å²) in [5.74, 6) is -0.0103. The standard InChI is InChI=1S/C15H16FNO3S/c1-11-4-3-5-14(8-11)21(18,19)17-10-12-9-13(16)6-7-15(12)20-2/h3-9,17H,10H2,1-2H3. The predicted octanol–water partition coefficient (Wildman–Crippen LogP) is 2.62. The van der Waals surface area contributed by atoms with Crippen LogP contribution in [0, 0.1) is 12.7 Å². The third-order valence-electron chi connectivity index (χ3n) is 2.99. The lowest BCUT2D eigenvalue weighted by Gasteiger charge is -2.11. The molecule has 0 saturated heterocycles. The summed E-state index contributed by atoms with van der Waals surface area (Å²) >= 11 is 0. The summed E-state index contributed by atoms with van der Waals surface area (Å²) in [6.07, 6.45) is 0. The molecule has 4 nitrogen and oxygen atoms in total. The Bertz CT molecular complexity index is 744. The summed E-state index contributed by atoms with van der Waals surface area (Å²) in [4.78, 5) is 0.179. The molecule has 2 aromatic rings. The van der Waals surface area contributed by atoms with E-state index in [-0.39, 0.29) is 11.4 Å². The Balaban J connectivity index is 2.21. The molecule has 0 saturated carbocycles. The van der Waals surface area contributed by atoms with Crippen LogP contribution in [0.15, 0.2) is 47.4 Å². The molecule has 0 bridgehead atoms. The molecule has 0 atom stereocenters. The fourth-order valence-electron chi connectivity index (χ4n) is 1.92. The Morgan fingerprint density at radius 3 is 2.62 bits per heavy atom. The summed E-state index contributed by atoms with van der Waals surface area (Å²) in [5.41, 5.74) is 1.29. The molecular formula is C15H16FNO3S. The van der Waals surface area contributed by atoms with Gasteiger partial charge in [0, 0.05) is 12.1 Å². The maximum atomic E-state index is 13.2. The van der Waals surface area contributed by atoms with Crippen molar-refractivity contribution >= 4 is 10.0 Å². The number of aryl methyl sites for hydroxylation is 1. The molecule has 0 heterocycles. The van der Waals surface area contributed by atoms with Crippen LogP contribution in [0.25, 0.3) is 0 Å². The molecule has 0 amide bonds. The Hall–Kier alpha value is -1.92. The normalized spacial score (nSPS) is 11.4. The lowest BCUT2D eigenvalue weighted by atomic mass is 10.2. The van der Waals surface area contributed by atoms with Gasteiger partial charge in [-0.2, -0.15) is 0 Å². The number of nitrogens with one attached hydrogen (secondary N) is 1. The van der Waals surface area contributed by atoms with E-state index < -0.39 is 15.8 Å². The second kappa shape index (κ2) is 6.24. The number of halogens is 1. The first-order valence-electron chi connectivity index (χ1n) is 6.31. The molecule has 21 heavy (non-hydrogen) atoms. The monoisotopic (exact) mass is 309 g/mol. The molecular weight excluding hydrogens is 293 g/mol. The lowest BCUT2D eigenvalue weighted by molar-refractivity contribution is 0.407. The van der Waals surface area contributed by atoms with Gasteiger partial charge in [-0.05, 0) is 42.8 Å². The van der Waals surface area contributed by atoms with Crippen molar-refractivity contribution in [3.8, 4) is 5.75 Å². The third-order valence-corrected chi connectivity index (χ3v) is 4.39. The zero-order valence-electron chi connectivity index (χ0n) is 11.8. The predicted molar refractivity (Wildman–Crippen MR) is 78.2 cm³/mol. The van der Waals surface area contributed by atoms with Crippen molar-refractivity contribution in [3.63, 3.8) is 0 Å². The molecule has 2 rings (SSSR count). The zero-order chi connectivity index (χ0) is 15.5. The summed E-state index contributed by atoms with van der Waals surface area (Å²) in [7, 11) is -2.20. The number of hydrogen-bond donors (Lipinski definition) is 1. The molecule has 1 N–H and O–H groups in total. The van der Waals surface area contributed by atoms with Gasteiger partial charge in [0.2, 0.25) is 10.0 Å². The molecule has 0 aliphatic heterocycles.